The van der Waals surface area contributed by atoms with Gasteiger partial charge in [0.1, 0.15) is 0 Å². The molecule has 0 fully saturated rings. The van der Waals surface area contributed by atoms with Gasteiger partial charge in [0.2, 0.25) is 0 Å². The second kappa shape index (κ2) is 6.23. The normalized spacial score (nSPS) is 13.9. The summed E-state index contributed by atoms with van der Waals surface area (Å²) in [5, 5.41) is 2.93. The van der Waals surface area contributed by atoms with Crippen molar-refractivity contribution < 1.29 is 9.53 Å². The fraction of sp³-hybridized carbons (Fsp3) is 0.778. The number of esters is 1. The maximum atomic E-state index is 11.0. The van der Waals surface area contributed by atoms with Crippen molar-refractivity contribution in [3.63, 3.8) is 0 Å². The number of hydrogen-bond donors (Lipinski definition) is 2. The molecule has 14 heavy (non-hydrogen) atoms. The number of carbonyl (C=O) groups is 1. The van der Waals surface area contributed by atoms with Crippen LogP contribution in [0.5, 0.6) is 0 Å². The summed E-state index contributed by atoms with van der Waals surface area (Å²) in [4.78, 5) is 15.0. The van der Waals surface area contributed by atoms with Crippen LogP contribution in [0.2, 0.25) is 0 Å². The maximum Gasteiger partial charge on any atom is 0.310 e. The zero-order chi connectivity index (χ0) is 11.1. The van der Waals surface area contributed by atoms with Gasteiger partial charge in [-0.25, -0.2) is 0 Å². The second-order valence-electron chi connectivity index (χ2n) is 3.45. The van der Waals surface area contributed by atoms with E-state index in [1.165, 1.54) is 7.11 Å². The van der Waals surface area contributed by atoms with E-state index in [1.54, 1.807) is 6.92 Å². The average Bonchev–Trinajstić information content (AvgIpc) is 2.11. The van der Waals surface area contributed by atoms with Crippen LogP contribution in [0, 0.1) is 5.92 Å². The number of nitrogens with zero attached hydrogens (tertiary/aromatic N) is 1. The highest BCUT2D eigenvalue weighted by Gasteiger charge is 2.11. The molecule has 5 heteroatoms. The smallest absolute Gasteiger partial charge is 0.310 e. The Morgan fingerprint density at radius 1 is 1.50 bits per heavy atom. The van der Waals surface area contributed by atoms with Gasteiger partial charge < -0.3 is 15.8 Å². The summed E-state index contributed by atoms with van der Waals surface area (Å²) in [6, 6.07) is 0.243. The van der Waals surface area contributed by atoms with Crippen molar-refractivity contribution in [2.45, 2.75) is 26.8 Å². The fourth-order valence-corrected chi connectivity index (χ4v) is 0.852. The summed E-state index contributed by atoms with van der Waals surface area (Å²) in [5.74, 6) is -0.172. The zero-order valence-electron chi connectivity index (χ0n) is 9.20. The van der Waals surface area contributed by atoms with Gasteiger partial charge in [-0.15, -0.1) is 0 Å². The summed E-state index contributed by atoms with van der Waals surface area (Å²) in [5.41, 5.74) is 5.55. The first kappa shape index (κ1) is 12.7. The molecule has 0 heterocycles. The first-order valence-corrected chi connectivity index (χ1v) is 4.61. The van der Waals surface area contributed by atoms with Gasteiger partial charge in [-0.2, -0.15) is 0 Å². The third kappa shape index (κ3) is 5.40. The Balaban J connectivity index is 3.95. The van der Waals surface area contributed by atoms with Crippen molar-refractivity contribution in [3.05, 3.63) is 0 Å². The van der Waals surface area contributed by atoms with E-state index < -0.39 is 0 Å². The Hall–Kier alpha value is -1.26. The number of rotatable bonds is 4. The average molecular weight is 201 g/mol. The highest BCUT2D eigenvalue weighted by molar-refractivity contribution is 5.78. The van der Waals surface area contributed by atoms with Crippen molar-refractivity contribution in [2.75, 3.05) is 13.7 Å². The molecular formula is C9H19N3O2. The highest BCUT2D eigenvalue weighted by Crippen LogP contribution is 1.97. The molecular weight excluding hydrogens is 182 g/mol. The molecule has 82 valence electrons. The first-order chi connectivity index (χ1) is 6.47. The monoisotopic (exact) mass is 201 g/mol. The molecule has 3 N–H and O–H groups in total. The number of ether oxygens (including phenoxy) is 1. The topological polar surface area (TPSA) is 76.7 Å². The molecule has 0 aromatic heterocycles. The lowest BCUT2D eigenvalue weighted by atomic mass is 10.2. The van der Waals surface area contributed by atoms with Crippen LogP contribution in [-0.2, 0) is 9.53 Å². The zero-order valence-corrected chi connectivity index (χ0v) is 9.20. The molecule has 0 amide bonds. The van der Waals surface area contributed by atoms with Crippen LogP contribution in [0.3, 0.4) is 0 Å². The summed E-state index contributed by atoms with van der Waals surface area (Å²) in [6.45, 7) is 6.02. The van der Waals surface area contributed by atoms with Gasteiger partial charge in [0.05, 0.1) is 19.6 Å². The van der Waals surface area contributed by atoms with E-state index in [2.05, 4.69) is 15.0 Å². The first-order valence-electron chi connectivity index (χ1n) is 4.61. The Bertz CT molecular complexity index is 214. The third-order valence-electron chi connectivity index (χ3n) is 1.58. The number of aliphatic imine (C=N–C) groups is 1. The van der Waals surface area contributed by atoms with Gasteiger partial charge in [-0.1, -0.05) is 6.92 Å². The third-order valence-corrected chi connectivity index (χ3v) is 1.58. The van der Waals surface area contributed by atoms with Crippen molar-refractivity contribution >= 4 is 11.9 Å². The van der Waals surface area contributed by atoms with Crippen molar-refractivity contribution in [3.8, 4) is 0 Å². The molecule has 0 saturated carbocycles. The minimum absolute atomic E-state index is 0.243. The van der Waals surface area contributed by atoms with Gasteiger partial charge in [0.25, 0.3) is 0 Å². The number of methoxy groups -OCH3 is 1. The van der Waals surface area contributed by atoms with Gasteiger partial charge in [0.15, 0.2) is 5.96 Å². The number of nitrogens with one attached hydrogen (secondary N) is 1. The highest BCUT2D eigenvalue weighted by atomic mass is 16.5. The largest absolute Gasteiger partial charge is 0.469 e. The molecule has 0 radical (unpaired) electrons. The SMILES string of the molecule is COC(=O)C(C)CN=C(N)NC(C)C. The molecule has 0 aliphatic heterocycles. The van der Waals surface area contributed by atoms with Crippen molar-refractivity contribution in [1.82, 2.24) is 5.32 Å². The van der Waals surface area contributed by atoms with Crippen LogP contribution in [0.4, 0.5) is 0 Å². The lowest BCUT2D eigenvalue weighted by Crippen LogP contribution is -2.37. The molecule has 1 atom stereocenters. The number of hydrogen-bond acceptors (Lipinski definition) is 3. The van der Waals surface area contributed by atoms with Crippen molar-refractivity contribution in [2.24, 2.45) is 16.6 Å². The van der Waals surface area contributed by atoms with Crippen molar-refractivity contribution in [1.29, 1.82) is 0 Å². The number of nitrogens with two attached hydrogens (primary N) is 1. The predicted octanol–water partition coefficient (Wildman–Crippen LogP) is 0.108. The van der Waals surface area contributed by atoms with Crippen LogP contribution in [0.15, 0.2) is 4.99 Å². The van der Waals surface area contributed by atoms with Crippen LogP contribution in [0.1, 0.15) is 20.8 Å². The van der Waals surface area contributed by atoms with Gasteiger partial charge in [0, 0.05) is 6.04 Å². The Morgan fingerprint density at radius 2 is 2.07 bits per heavy atom. The fourth-order valence-electron chi connectivity index (χ4n) is 0.852. The van der Waals surface area contributed by atoms with E-state index in [9.17, 15) is 4.79 Å². The number of carbonyl (C=O) groups excluding carboxylic acids is 1. The van der Waals surface area contributed by atoms with Crippen LogP contribution in [0.25, 0.3) is 0 Å². The maximum absolute atomic E-state index is 11.0. The Kier molecular flexibility index (Phi) is 5.67. The molecule has 0 rings (SSSR count). The lowest BCUT2D eigenvalue weighted by Gasteiger charge is -2.10. The molecule has 0 bridgehead atoms. The Morgan fingerprint density at radius 3 is 2.50 bits per heavy atom. The molecule has 5 nitrogen and oxygen atoms in total. The van der Waals surface area contributed by atoms with E-state index in [-0.39, 0.29) is 17.9 Å². The van der Waals surface area contributed by atoms with Crippen LogP contribution in [-0.4, -0.2) is 31.6 Å². The Labute approximate surface area is 84.7 Å². The second-order valence-corrected chi connectivity index (χ2v) is 3.45. The van der Waals surface area contributed by atoms with E-state index in [1.807, 2.05) is 13.8 Å². The van der Waals surface area contributed by atoms with E-state index in [0.29, 0.717) is 12.5 Å². The molecule has 0 saturated heterocycles. The molecule has 0 spiro atoms. The number of guanidine groups is 1. The van der Waals surface area contributed by atoms with E-state index >= 15 is 0 Å². The quantitative estimate of drug-likeness (QED) is 0.384. The van der Waals surface area contributed by atoms with E-state index in [0.717, 1.165) is 0 Å². The minimum atomic E-state index is -0.272. The molecule has 1 unspecified atom stereocenters. The van der Waals surface area contributed by atoms with Gasteiger partial charge in [-0.3, -0.25) is 9.79 Å². The van der Waals surface area contributed by atoms with Crippen LogP contribution < -0.4 is 11.1 Å². The summed E-state index contributed by atoms with van der Waals surface area (Å²) >= 11 is 0. The summed E-state index contributed by atoms with van der Waals surface area (Å²) in [7, 11) is 1.36. The molecule has 0 aromatic rings. The summed E-state index contributed by atoms with van der Waals surface area (Å²) < 4.78 is 4.56. The molecule has 0 aliphatic rings. The summed E-state index contributed by atoms with van der Waals surface area (Å²) in [6.07, 6.45) is 0. The van der Waals surface area contributed by atoms with E-state index in [4.69, 9.17) is 5.73 Å². The standard InChI is InChI=1S/C9H19N3O2/c1-6(2)12-9(10)11-5-7(3)8(13)14-4/h6-7H,5H2,1-4H3,(H3,10,11,12). The van der Waals surface area contributed by atoms with Gasteiger partial charge >= 0.3 is 5.97 Å². The van der Waals surface area contributed by atoms with Crippen LogP contribution >= 0.6 is 0 Å². The van der Waals surface area contributed by atoms with Gasteiger partial charge in [-0.05, 0) is 13.8 Å². The predicted molar refractivity (Wildman–Crippen MR) is 55.9 cm³/mol. The molecule has 0 aliphatic carbocycles. The molecule has 0 aromatic carbocycles. The lowest BCUT2D eigenvalue weighted by molar-refractivity contribution is -0.144. The minimum Gasteiger partial charge on any atom is -0.469 e.